The second-order valence-corrected chi connectivity index (χ2v) is 5.97. The van der Waals surface area contributed by atoms with Gasteiger partial charge in [-0.3, -0.25) is 4.79 Å². The Kier molecular flexibility index (Phi) is 6.95. The molecule has 0 aliphatic carbocycles. The molecular weight excluding hydrogens is 326 g/mol. The average molecular weight is 349 g/mol. The first-order valence-electron chi connectivity index (χ1n) is 7.79. The molecule has 1 amide bonds. The third-order valence-electron chi connectivity index (χ3n) is 3.26. The van der Waals surface area contributed by atoms with E-state index in [1.165, 1.54) is 6.26 Å². The van der Waals surface area contributed by atoms with Gasteiger partial charge in [0.05, 0.1) is 5.69 Å². The fraction of sp³-hybridized carbons (Fsp3) is 0.375. The van der Waals surface area contributed by atoms with Gasteiger partial charge in [0.2, 0.25) is 0 Å². The molecule has 24 heavy (non-hydrogen) atoms. The predicted molar refractivity (Wildman–Crippen MR) is 98.7 cm³/mol. The van der Waals surface area contributed by atoms with Crippen LogP contribution in [0, 0.1) is 0 Å². The van der Waals surface area contributed by atoms with Crippen molar-refractivity contribution in [3.05, 3.63) is 30.2 Å². The molecule has 0 aliphatic rings. The molecule has 1 aromatic carbocycles. The second kappa shape index (κ2) is 9.19. The van der Waals surface area contributed by atoms with Crippen LogP contribution in [0.25, 0.3) is 0 Å². The number of oxazole rings is 1. The molecule has 0 fully saturated rings. The van der Waals surface area contributed by atoms with E-state index in [1.807, 2.05) is 24.5 Å². The Morgan fingerprint density at radius 2 is 2.17 bits per heavy atom. The molecule has 8 heteroatoms. The Hall–Kier alpha value is -2.19. The van der Waals surface area contributed by atoms with Gasteiger partial charge in [0.1, 0.15) is 6.26 Å². The summed E-state index contributed by atoms with van der Waals surface area (Å²) in [5.74, 6) is -0.354. The number of nitrogens with zero attached hydrogens (tertiary/aromatic N) is 1. The zero-order valence-electron chi connectivity index (χ0n) is 13.9. The molecule has 5 N–H and O–H groups in total. The quantitative estimate of drug-likeness (QED) is 0.407. The first kappa shape index (κ1) is 18.2. The number of thioether (sulfide) groups is 1. The van der Waals surface area contributed by atoms with Gasteiger partial charge in [-0.25, -0.2) is 0 Å². The lowest BCUT2D eigenvalue weighted by molar-refractivity contribution is 0.102. The third-order valence-corrected chi connectivity index (χ3v) is 4.06. The predicted octanol–water partition coefficient (Wildman–Crippen LogP) is 2.64. The molecule has 1 heterocycles. The number of nitrogens with one attached hydrogen (secondary N) is 3. The molecule has 2 aromatic rings. The van der Waals surface area contributed by atoms with Gasteiger partial charge in [-0.15, -0.1) is 11.8 Å². The molecule has 0 unspecified atom stereocenters. The van der Waals surface area contributed by atoms with Gasteiger partial charge in [0, 0.05) is 23.7 Å². The summed E-state index contributed by atoms with van der Waals surface area (Å²) in [5.41, 5.74) is 7.22. The van der Waals surface area contributed by atoms with Gasteiger partial charge in [-0.05, 0) is 37.4 Å². The Bertz CT molecular complexity index is 674. The maximum atomic E-state index is 12.2. The second-order valence-electron chi connectivity index (χ2n) is 5.12. The van der Waals surface area contributed by atoms with Crippen molar-refractivity contribution in [3.8, 4) is 0 Å². The van der Waals surface area contributed by atoms with E-state index in [4.69, 9.17) is 10.2 Å². The highest BCUT2D eigenvalue weighted by molar-refractivity contribution is 7.98. The molecule has 2 rings (SSSR count). The molecule has 130 valence electrons. The van der Waals surface area contributed by atoms with E-state index in [1.54, 1.807) is 11.8 Å². The number of hydrogen-bond donors (Lipinski definition) is 4. The summed E-state index contributed by atoms with van der Waals surface area (Å²) < 4.78 is 4.87. The minimum atomic E-state index is -0.354. The van der Waals surface area contributed by atoms with Crippen LogP contribution in [0.2, 0.25) is 0 Å². The van der Waals surface area contributed by atoms with Crippen LogP contribution in [0.4, 0.5) is 17.4 Å². The minimum absolute atomic E-state index is 0.0276. The van der Waals surface area contributed by atoms with Gasteiger partial charge in [-0.1, -0.05) is 6.92 Å². The van der Waals surface area contributed by atoms with Crippen molar-refractivity contribution in [2.75, 3.05) is 42.3 Å². The maximum Gasteiger partial charge on any atom is 0.292 e. The third kappa shape index (κ3) is 5.17. The number of hydrogen-bond acceptors (Lipinski definition) is 7. The number of nitrogen functional groups attached to an aromatic ring is 1. The molecule has 0 bridgehead atoms. The van der Waals surface area contributed by atoms with Crippen molar-refractivity contribution in [2.24, 2.45) is 0 Å². The topological polar surface area (TPSA) is 105 Å². The van der Waals surface area contributed by atoms with Crippen LogP contribution in [0.15, 0.2) is 33.8 Å². The van der Waals surface area contributed by atoms with Crippen molar-refractivity contribution < 1.29 is 9.21 Å². The van der Waals surface area contributed by atoms with E-state index >= 15 is 0 Å². The summed E-state index contributed by atoms with van der Waals surface area (Å²) in [4.78, 5) is 17.0. The normalized spacial score (nSPS) is 10.6. The van der Waals surface area contributed by atoms with E-state index in [9.17, 15) is 4.79 Å². The van der Waals surface area contributed by atoms with Crippen molar-refractivity contribution in [1.29, 1.82) is 0 Å². The molecule has 1 aromatic heterocycles. The summed E-state index contributed by atoms with van der Waals surface area (Å²) in [6, 6.07) is 5.85. The molecular formula is C16H23N5O2S. The number of carbonyl (C=O) groups is 1. The van der Waals surface area contributed by atoms with E-state index < -0.39 is 0 Å². The standard InChI is InChI=1S/C16H23N5O2S/c1-3-6-18-7-8-19-11-4-5-14(24-2)12(9-11)20-15(22)13-10-23-16(17)21-13/h4-5,9-10,18-19H,3,6-8H2,1-2H3,(H2,17,21)(H,20,22). The molecule has 7 nitrogen and oxygen atoms in total. The number of carbonyl (C=O) groups excluding carboxylic acids is 1. The summed E-state index contributed by atoms with van der Waals surface area (Å²) in [7, 11) is 0. The fourth-order valence-electron chi connectivity index (χ4n) is 2.09. The Morgan fingerprint density at radius 3 is 2.83 bits per heavy atom. The molecule has 0 radical (unpaired) electrons. The minimum Gasteiger partial charge on any atom is -0.431 e. The summed E-state index contributed by atoms with van der Waals surface area (Å²) in [6.07, 6.45) is 4.32. The fourth-order valence-corrected chi connectivity index (χ4v) is 2.62. The van der Waals surface area contributed by atoms with Gasteiger partial charge >= 0.3 is 0 Å². The smallest absolute Gasteiger partial charge is 0.292 e. The van der Waals surface area contributed by atoms with Crippen LogP contribution < -0.4 is 21.7 Å². The first-order chi connectivity index (χ1) is 11.6. The largest absolute Gasteiger partial charge is 0.431 e. The zero-order valence-corrected chi connectivity index (χ0v) is 14.7. The van der Waals surface area contributed by atoms with Gasteiger partial charge < -0.3 is 26.1 Å². The highest BCUT2D eigenvalue weighted by Gasteiger charge is 2.13. The van der Waals surface area contributed by atoms with Crippen molar-refractivity contribution >= 4 is 35.1 Å². The lowest BCUT2D eigenvalue weighted by Gasteiger charge is -2.12. The van der Waals surface area contributed by atoms with Crippen LogP contribution in [0.3, 0.4) is 0 Å². The Morgan fingerprint density at radius 1 is 1.33 bits per heavy atom. The summed E-state index contributed by atoms with van der Waals surface area (Å²) >= 11 is 1.56. The van der Waals surface area contributed by atoms with E-state index in [2.05, 4.69) is 27.9 Å². The van der Waals surface area contributed by atoms with Gasteiger partial charge in [0.15, 0.2) is 5.69 Å². The zero-order chi connectivity index (χ0) is 17.4. The van der Waals surface area contributed by atoms with Crippen LogP contribution in [0.1, 0.15) is 23.8 Å². The lowest BCUT2D eigenvalue weighted by atomic mass is 10.2. The molecule has 0 saturated carbocycles. The number of amides is 1. The summed E-state index contributed by atoms with van der Waals surface area (Å²) in [5, 5.41) is 9.52. The van der Waals surface area contributed by atoms with Gasteiger partial charge in [-0.2, -0.15) is 4.98 Å². The van der Waals surface area contributed by atoms with Crippen LogP contribution in [0.5, 0.6) is 0 Å². The summed E-state index contributed by atoms with van der Waals surface area (Å²) in [6.45, 7) is 4.85. The SMILES string of the molecule is CCCNCCNc1ccc(SC)c(NC(=O)c2coc(N)n2)c1. The number of rotatable bonds is 9. The van der Waals surface area contributed by atoms with Crippen LogP contribution in [-0.4, -0.2) is 36.8 Å². The Labute approximate surface area is 145 Å². The maximum absolute atomic E-state index is 12.2. The highest BCUT2D eigenvalue weighted by atomic mass is 32.2. The van der Waals surface area contributed by atoms with E-state index in [0.29, 0.717) is 0 Å². The van der Waals surface area contributed by atoms with E-state index in [0.717, 1.165) is 42.3 Å². The number of aromatic nitrogens is 1. The molecule has 0 saturated heterocycles. The highest BCUT2D eigenvalue weighted by Crippen LogP contribution is 2.28. The van der Waals surface area contributed by atoms with Crippen LogP contribution >= 0.6 is 11.8 Å². The van der Waals surface area contributed by atoms with Crippen molar-refractivity contribution in [1.82, 2.24) is 10.3 Å². The van der Waals surface area contributed by atoms with Crippen molar-refractivity contribution in [3.63, 3.8) is 0 Å². The number of benzene rings is 1. The Balaban J connectivity index is 2.01. The van der Waals surface area contributed by atoms with Crippen LogP contribution in [-0.2, 0) is 0 Å². The molecule has 0 spiro atoms. The number of nitrogens with two attached hydrogens (primary N) is 1. The molecule has 0 aliphatic heterocycles. The molecule has 0 atom stereocenters. The number of anilines is 3. The van der Waals surface area contributed by atoms with Crippen molar-refractivity contribution in [2.45, 2.75) is 18.2 Å². The average Bonchev–Trinajstić information content (AvgIpc) is 3.01. The lowest BCUT2D eigenvalue weighted by Crippen LogP contribution is -2.22. The monoisotopic (exact) mass is 349 g/mol. The van der Waals surface area contributed by atoms with Gasteiger partial charge in [0.25, 0.3) is 11.9 Å². The first-order valence-corrected chi connectivity index (χ1v) is 9.01. The van der Waals surface area contributed by atoms with E-state index in [-0.39, 0.29) is 17.6 Å².